The van der Waals surface area contributed by atoms with Gasteiger partial charge in [-0.3, -0.25) is 0 Å². The molecular weight excluding hydrogens is 631 g/mol. The topological polar surface area (TPSA) is 16.4 Å². The molecule has 0 radical (unpaired) electrons. The van der Waals surface area contributed by atoms with E-state index in [2.05, 4.69) is 199 Å². The van der Waals surface area contributed by atoms with Gasteiger partial charge in [0.15, 0.2) is 5.58 Å². The Morgan fingerprint density at radius 3 is 1.75 bits per heavy atom. The Morgan fingerprint density at radius 2 is 0.962 bits per heavy atom. The monoisotopic (exact) mass is 663 g/mol. The average molecular weight is 664 g/mol. The zero-order chi connectivity index (χ0) is 34.4. The van der Waals surface area contributed by atoms with Crippen molar-refractivity contribution in [2.75, 3.05) is 4.90 Å². The lowest BCUT2D eigenvalue weighted by molar-refractivity contribution is 0.669. The summed E-state index contributed by atoms with van der Waals surface area (Å²) in [6, 6.07) is 71.7. The van der Waals surface area contributed by atoms with Crippen molar-refractivity contribution in [2.45, 2.75) is 0 Å². The van der Waals surface area contributed by atoms with E-state index in [4.69, 9.17) is 4.42 Å². The maximum absolute atomic E-state index is 6.72. The van der Waals surface area contributed by atoms with Crippen molar-refractivity contribution in [3.63, 3.8) is 0 Å². The lowest BCUT2D eigenvalue weighted by atomic mass is 9.88. The summed E-state index contributed by atoms with van der Waals surface area (Å²) in [7, 11) is 0. The number of furan rings is 1. The molecule has 9 aromatic carbocycles. The minimum Gasteiger partial charge on any atom is -0.454 e. The molecule has 0 bridgehead atoms. The van der Waals surface area contributed by atoms with E-state index >= 15 is 0 Å². The van der Waals surface area contributed by atoms with Crippen molar-refractivity contribution in [3.05, 3.63) is 200 Å². The fourth-order valence-corrected chi connectivity index (χ4v) is 7.79. The van der Waals surface area contributed by atoms with Crippen LogP contribution in [0.3, 0.4) is 0 Å². The maximum atomic E-state index is 6.72. The van der Waals surface area contributed by atoms with Crippen LogP contribution in [-0.4, -0.2) is 0 Å². The third kappa shape index (κ3) is 5.04. The zero-order valence-corrected chi connectivity index (χ0v) is 28.4. The smallest absolute Gasteiger partial charge is 0.159 e. The standard InChI is InChI=1S/C50H33NO/c1-3-15-36(16-4-1)45-33-47(41-20-9-10-22-43(41)49(45)37-17-5-2-6-18-37)51(46-24-13-23-44-42-21-11-12-25-48(42)52-50(44)46)40-30-28-35(29-31-40)39-27-26-34-14-7-8-19-38(34)32-39/h1-33H. The molecule has 1 heterocycles. The number of benzene rings is 9. The molecule has 0 unspecified atom stereocenters. The third-order valence-corrected chi connectivity index (χ3v) is 10.2. The Bertz CT molecular complexity index is 2890. The Labute approximate surface area is 302 Å². The fourth-order valence-electron chi connectivity index (χ4n) is 7.79. The van der Waals surface area contributed by atoms with Gasteiger partial charge in [-0.25, -0.2) is 0 Å². The van der Waals surface area contributed by atoms with E-state index in [0.29, 0.717) is 0 Å². The minimum atomic E-state index is 0.861. The number of rotatable bonds is 6. The summed E-state index contributed by atoms with van der Waals surface area (Å²) in [5.74, 6) is 0. The zero-order valence-electron chi connectivity index (χ0n) is 28.4. The number of hydrogen-bond donors (Lipinski definition) is 0. The van der Waals surface area contributed by atoms with Crippen molar-refractivity contribution in [3.8, 4) is 33.4 Å². The first kappa shape index (κ1) is 30.0. The van der Waals surface area contributed by atoms with Gasteiger partial charge in [-0.2, -0.15) is 0 Å². The molecule has 0 aliphatic heterocycles. The SMILES string of the molecule is c1ccc(-c2cc(N(c3ccc(-c4ccc5ccccc5c4)cc3)c3cccc4c3oc3ccccc34)c3ccccc3c2-c2ccccc2)cc1. The summed E-state index contributed by atoms with van der Waals surface area (Å²) in [5, 5.41) is 7.04. The summed E-state index contributed by atoms with van der Waals surface area (Å²) in [6.07, 6.45) is 0. The molecule has 52 heavy (non-hydrogen) atoms. The Balaban J connectivity index is 1.25. The van der Waals surface area contributed by atoms with Gasteiger partial charge in [0.1, 0.15) is 5.58 Å². The van der Waals surface area contributed by atoms with Gasteiger partial charge in [0.05, 0.1) is 11.4 Å². The first-order valence-corrected chi connectivity index (χ1v) is 17.8. The van der Waals surface area contributed by atoms with Gasteiger partial charge in [0.25, 0.3) is 0 Å². The molecule has 0 spiro atoms. The summed E-state index contributed by atoms with van der Waals surface area (Å²) >= 11 is 0. The molecular formula is C50H33NO. The first-order valence-electron chi connectivity index (χ1n) is 17.8. The molecule has 244 valence electrons. The average Bonchev–Trinajstić information content (AvgIpc) is 3.61. The minimum absolute atomic E-state index is 0.861. The number of nitrogens with zero attached hydrogens (tertiary/aromatic N) is 1. The molecule has 0 N–H and O–H groups in total. The second-order valence-corrected chi connectivity index (χ2v) is 13.3. The third-order valence-electron chi connectivity index (χ3n) is 10.2. The second kappa shape index (κ2) is 12.5. The number of anilines is 3. The molecule has 0 amide bonds. The molecule has 0 saturated heterocycles. The van der Waals surface area contributed by atoms with Gasteiger partial charge in [-0.15, -0.1) is 0 Å². The number of para-hydroxylation sites is 2. The molecule has 0 atom stereocenters. The maximum Gasteiger partial charge on any atom is 0.159 e. The van der Waals surface area contributed by atoms with Crippen molar-refractivity contribution in [2.24, 2.45) is 0 Å². The van der Waals surface area contributed by atoms with Gasteiger partial charge in [0, 0.05) is 21.8 Å². The Morgan fingerprint density at radius 1 is 0.346 bits per heavy atom. The second-order valence-electron chi connectivity index (χ2n) is 13.3. The van der Waals surface area contributed by atoms with E-state index in [1.165, 1.54) is 49.5 Å². The van der Waals surface area contributed by atoms with Crippen LogP contribution in [0.15, 0.2) is 205 Å². The van der Waals surface area contributed by atoms with E-state index in [1.54, 1.807) is 0 Å². The Hall–Kier alpha value is -6.90. The largest absolute Gasteiger partial charge is 0.454 e. The lowest BCUT2D eigenvalue weighted by Crippen LogP contribution is -2.11. The van der Waals surface area contributed by atoms with Gasteiger partial charge in [-0.05, 0) is 85.9 Å². The van der Waals surface area contributed by atoms with Crippen LogP contribution < -0.4 is 4.90 Å². The van der Waals surface area contributed by atoms with Gasteiger partial charge in [-0.1, -0.05) is 164 Å². The van der Waals surface area contributed by atoms with Crippen LogP contribution >= 0.6 is 0 Å². The highest BCUT2D eigenvalue weighted by Gasteiger charge is 2.24. The Kier molecular flexibility index (Phi) is 7.18. The molecule has 2 heteroatoms. The van der Waals surface area contributed by atoms with E-state index < -0.39 is 0 Å². The molecule has 2 nitrogen and oxygen atoms in total. The fraction of sp³-hybridized carbons (Fsp3) is 0. The van der Waals surface area contributed by atoms with Gasteiger partial charge < -0.3 is 9.32 Å². The highest BCUT2D eigenvalue weighted by molar-refractivity contribution is 6.15. The van der Waals surface area contributed by atoms with Crippen LogP contribution in [0.25, 0.3) is 76.9 Å². The van der Waals surface area contributed by atoms with Crippen LogP contribution in [0.5, 0.6) is 0 Å². The van der Waals surface area contributed by atoms with Gasteiger partial charge in [0.2, 0.25) is 0 Å². The molecule has 0 aliphatic rings. The molecule has 1 aromatic heterocycles. The van der Waals surface area contributed by atoms with Crippen LogP contribution in [0, 0.1) is 0 Å². The summed E-state index contributed by atoms with van der Waals surface area (Å²) in [5.41, 5.74) is 12.0. The summed E-state index contributed by atoms with van der Waals surface area (Å²) < 4.78 is 6.72. The van der Waals surface area contributed by atoms with Crippen LogP contribution in [-0.2, 0) is 0 Å². The lowest BCUT2D eigenvalue weighted by Gasteiger charge is -2.29. The van der Waals surface area contributed by atoms with E-state index in [0.717, 1.165) is 44.4 Å². The molecule has 0 fully saturated rings. The number of fused-ring (bicyclic) bond motifs is 5. The van der Waals surface area contributed by atoms with Crippen LogP contribution in [0.2, 0.25) is 0 Å². The normalized spacial score (nSPS) is 11.5. The molecule has 10 aromatic rings. The highest BCUT2D eigenvalue weighted by atomic mass is 16.3. The van der Waals surface area contributed by atoms with Crippen molar-refractivity contribution < 1.29 is 4.42 Å². The molecule has 0 saturated carbocycles. The van der Waals surface area contributed by atoms with Gasteiger partial charge >= 0.3 is 0 Å². The predicted octanol–water partition coefficient (Wildman–Crippen LogP) is 14.4. The molecule has 10 rings (SSSR count). The first-order chi connectivity index (χ1) is 25.8. The number of hydrogen-bond acceptors (Lipinski definition) is 2. The highest BCUT2D eigenvalue weighted by Crippen LogP contribution is 2.49. The van der Waals surface area contributed by atoms with E-state index in [1.807, 2.05) is 6.07 Å². The summed E-state index contributed by atoms with van der Waals surface area (Å²) in [6.45, 7) is 0. The van der Waals surface area contributed by atoms with Crippen molar-refractivity contribution in [1.82, 2.24) is 0 Å². The van der Waals surface area contributed by atoms with E-state index in [9.17, 15) is 0 Å². The quantitative estimate of drug-likeness (QED) is 0.176. The molecule has 0 aliphatic carbocycles. The van der Waals surface area contributed by atoms with E-state index in [-0.39, 0.29) is 0 Å². The van der Waals surface area contributed by atoms with Crippen LogP contribution in [0.1, 0.15) is 0 Å². The van der Waals surface area contributed by atoms with Crippen molar-refractivity contribution in [1.29, 1.82) is 0 Å². The predicted molar refractivity (Wildman–Crippen MR) is 220 cm³/mol. The van der Waals surface area contributed by atoms with Crippen LogP contribution in [0.4, 0.5) is 17.1 Å². The van der Waals surface area contributed by atoms with Crippen molar-refractivity contribution >= 4 is 60.5 Å². The summed E-state index contributed by atoms with van der Waals surface area (Å²) in [4.78, 5) is 2.39.